The average Bonchev–Trinajstić information content (AvgIpc) is 2.05. The second-order valence-electron chi connectivity index (χ2n) is 3.13. The number of carbonyl (C=O) groups is 1. The lowest BCUT2D eigenvalue weighted by molar-refractivity contribution is -0.129. The summed E-state index contributed by atoms with van der Waals surface area (Å²) in [5.74, 6) is 0.892. The minimum absolute atomic E-state index is 0.274. The first kappa shape index (κ1) is 9.86. The summed E-state index contributed by atoms with van der Waals surface area (Å²) in [5, 5.41) is 3.31. The maximum atomic E-state index is 11.4. The number of piperazine rings is 1. The molecule has 0 aromatic rings. The molecule has 0 aliphatic carbocycles. The van der Waals surface area contributed by atoms with E-state index in [0.717, 1.165) is 19.6 Å². The molecule has 0 aromatic heterocycles. The lowest BCUT2D eigenvalue weighted by atomic mass is 10.2. The van der Waals surface area contributed by atoms with E-state index in [1.165, 1.54) is 0 Å². The molecule has 4 heteroatoms. The van der Waals surface area contributed by atoms with Gasteiger partial charge >= 0.3 is 0 Å². The molecule has 1 aliphatic rings. The Morgan fingerprint density at radius 1 is 1.75 bits per heavy atom. The number of nitrogens with zero attached hydrogens (tertiary/aromatic N) is 1. The molecule has 12 heavy (non-hydrogen) atoms. The molecule has 0 radical (unpaired) electrons. The molecule has 3 nitrogen and oxygen atoms in total. The van der Waals surface area contributed by atoms with Gasteiger partial charge in [-0.2, -0.15) is 11.8 Å². The van der Waals surface area contributed by atoms with Crippen LogP contribution in [-0.4, -0.2) is 48.5 Å². The van der Waals surface area contributed by atoms with Crippen LogP contribution in [0.2, 0.25) is 0 Å². The standard InChI is InChI=1S/C8H16N2OS/c1-7-5-10(4-3-9-7)8(11)6-12-2/h7,9H,3-6H2,1-2H3/t7-/m1/s1. The van der Waals surface area contributed by atoms with E-state index in [1.54, 1.807) is 11.8 Å². The van der Waals surface area contributed by atoms with Gasteiger partial charge in [0.2, 0.25) is 5.91 Å². The zero-order valence-electron chi connectivity index (χ0n) is 7.67. The van der Waals surface area contributed by atoms with Gasteiger partial charge in [-0.1, -0.05) is 0 Å². The van der Waals surface area contributed by atoms with Gasteiger partial charge in [-0.3, -0.25) is 4.79 Å². The van der Waals surface area contributed by atoms with Crippen molar-refractivity contribution in [3.8, 4) is 0 Å². The summed E-state index contributed by atoms with van der Waals surface area (Å²) in [6.07, 6.45) is 1.96. The van der Waals surface area contributed by atoms with Gasteiger partial charge in [-0.05, 0) is 13.2 Å². The van der Waals surface area contributed by atoms with Gasteiger partial charge < -0.3 is 10.2 Å². The summed E-state index contributed by atoms with van der Waals surface area (Å²) in [7, 11) is 0. The van der Waals surface area contributed by atoms with Crippen LogP contribution in [0.4, 0.5) is 0 Å². The zero-order valence-corrected chi connectivity index (χ0v) is 8.49. The Kier molecular flexibility index (Phi) is 3.88. The number of hydrogen-bond acceptors (Lipinski definition) is 3. The van der Waals surface area contributed by atoms with Crippen LogP contribution in [0.25, 0.3) is 0 Å². The van der Waals surface area contributed by atoms with Crippen molar-refractivity contribution in [2.24, 2.45) is 0 Å². The number of thioether (sulfide) groups is 1. The molecular formula is C8H16N2OS. The molecule has 1 fully saturated rings. The third-order valence-electron chi connectivity index (χ3n) is 1.99. The monoisotopic (exact) mass is 188 g/mol. The molecule has 1 saturated heterocycles. The fourth-order valence-electron chi connectivity index (χ4n) is 1.37. The number of amides is 1. The van der Waals surface area contributed by atoms with Crippen molar-refractivity contribution in [3.63, 3.8) is 0 Å². The van der Waals surface area contributed by atoms with Crippen LogP contribution >= 0.6 is 11.8 Å². The molecule has 0 unspecified atom stereocenters. The van der Waals surface area contributed by atoms with E-state index in [4.69, 9.17) is 0 Å². The highest BCUT2D eigenvalue weighted by Gasteiger charge is 2.19. The van der Waals surface area contributed by atoms with Gasteiger partial charge in [-0.25, -0.2) is 0 Å². The Morgan fingerprint density at radius 2 is 2.50 bits per heavy atom. The van der Waals surface area contributed by atoms with E-state index in [1.807, 2.05) is 11.2 Å². The molecule has 1 amide bonds. The largest absolute Gasteiger partial charge is 0.339 e. The van der Waals surface area contributed by atoms with Crippen LogP contribution in [0.1, 0.15) is 6.92 Å². The molecule has 1 heterocycles. The minimum atomic E-state index is 0.274. The van der Waals surface area contributed by atoms with E-state index >= 15 is 0 Å². The second-order valence-corrected chi connectivity index (χ2v) is 3.99. The van der Waals surface area contributed by atoms with E-state index in [-0.39, 0.29) is 5.91 Å². The van der Waals surface area contributed by atoms with Crippen LogP contribution in [-0.2, 0) is 4.79 Å². The first-order chi connectivity index (χ1) is 5.74. The number of hydrogen-bond donors (Lipinski definition) is 1. The highest BCUT2D eigenvalue weighted by atomic mass is 32.2. The van der Waals surface area contributed by atoms with Gasteiger partial charge in [0.25, 0.3) is 0 Å². The summed E-state index contributed by atoms with van der Waals surface area (Å²) in [4.78, 5) is 13.4. The summed E-state index contributed by atoms with van der Waals surface area (Å²) in [5.41, 5.74) is 0. The summed E-state index contributed by atoms with van der Waals surface area (Å²) >= 11 is 1.59. The predicted octanol–water partition coefficient (Wildman–Crippen LogP) is 0.170. The molecule has 0 saturated carbocycles. The van der Waals surface area contributed by atoms with E-state index in [0.29, 0.717) is 11.8 Å². The first-order valence-corrected chi connectivity index (χ1v) is 5.63. The Bertz CT molecular complexity index is 163. The first-order valence-electron chi connectivity index (χ1n) is 4.24. The molecular weight excluding hydrogens is 172 g/mol. The van der Waals surface area contributed by atoms with Crippen LogP contribution in [0, 0.1) is 0 Å². The third-order valence-corrected chi connectivity index (χ3v) is 2.52. The summed E-state index contributed by atoms with van der Waals surface area (Å²) in [6.45, 7) is 4.77. The molecule has 0 bridgehead atoms. The normalized spacial score (nSPS) is 24.2. The molecule has 70 valence electrons. The van der Waals surface area contributed by atoms with Crippen molar-refractivity contribution in [3.05, 3.63) is 0 Å². The van der Waals surface area contributed by atoms with Crippen molar-refractivity contribution in [1.82, 2.24) is 10.2 Å². The molecule has 0 spiro atoms. The van der Waals surface area contributed by atoms with Crippen molar-refractivity contribution in [1.29, 1.82) is 0 Å². The van der Waals surface area contributed by atoms with Gasteiger partial charge in [0, 0.05) is 25.7 Å². The topological polar surface area (TPSA) is 32.3 Å². The molecule has 0 aromatic carbocycles. The molecule has 1 atom stereocenters. The van der Waals surface area contributed by atoms with Crippen LogP contribution in [0.5, 0.6) is 0 Å². The fraction of sp³-hybridized carbons (Fsp3) is 0.875. The van der Waals surface area contributed by atoms with Gasteiger partial charge in [0.05, 0.1) is 5.75 Å². The van der Waals surface area contributed by atoms with E-state index in [9.17, 15) is 4.79 Å². The Labute approximate surface area is 77.9 Å². The lowest BCUT2D eigenvalue weighted by Gasteiger charge is -2.31. The molecule has 1 rings (SSSR count). The van der Waals surface area contributed by atoms with Crippen molar-refractivity contribution < 1.29 is 4.79 Å². The van der Waals surface area contributed by atoms with Gasteiger partial charge in [0.1, 0.15) is 0 Å². The third kappa shape index (κ3) is 2.68. The highest BCUT2D eigenvalue weighted by Crippen LogP contribution is 2.02. The zero-order chi connectivity index (χ0) is 8.97. The fourth-order valence-corrected chi connectivity index (χ4v) is 1.80. The lowest BCUT2D eigenvalue weighted by Crippen LogP contribution is -2.51. The summed E-state index contributed by atoms with van der Waals surface area (Å²) in [6, 6.07) is 0.449. The van der Waals surface area contributed by atoms with Crippen molar-refractivity contribution in [2.75, 3.05) is 31.6 Å². The van der Waals surface area contributed by atoms with E-state index < -0.39 is 0 Å². The molecule has 1 aliphatic heterocycles. The Morgan fingerprint density at radius 3 is 3.08 bits per heavy atom. The van der Waals surface area contributed by atoms with Gasteiger partial charge in [0.15, 0.2) is 0 Å². The highest BCUT2D eigenvalue weighted by molar-refractivity contribution is 7.99. The summed E-state index contributed by atoms with van der Waals surface area (Å²) < 4.78 is 0. The number of nitrogens with one attached hydrogen (secondary N) is 1. The van der Waals surface area contributed by atoms with Gasteiger partial charge in [-0.15, -0.1) is 0 Å². The maximum absolute atomic E-state index is 11.4. The maximum Gasteiger partial charge on any atom is 0.232 e. The Balaban J connectivity index is 2.35. The second kappa shape index (κ2) is 4.72. The smallest absolute Gasteiger partial charge is 0.232 e. The molecule has 1 N–H and O–H groups in total. The number of carbonyl (C=O) groups excluding carboxylic acids is 1. The SMILES string of the molecule is CSCC(=O)N1CCN[C@H](C)C1. The predicted molar refractivity (Wildman–Crippen MR) is 52.4 cm³/mol. The number of rotatable bonds is 2. The van der Waals surface area contributed by atoms with Crippen LogP contribution in [0.3, 0.4) is 0 Å². The van der Waals surface area contributed by atoms with Crippen LogP contribution in [0.15, 0.2) is 0 Å². The van der Waals surface area contributed by atoms with Crippen molar-refractivity contribution >= 4 is 17.7 Å². The van der Waals surface area contributed by atoms with Crippen molar-refractivity contribution in [2.45, 2.75) is 13.0 Å². The minimum Gasteiger partial charge on any atom is -0.339 e. The average molecular weight is 188 g/mol. The Hall–Kier alpha value is -0.220. The van der Waals surface area contributed by atoms with Crippen LogP contribution < -0.4 is 5.32 Å². The van der Waals surface area contributed by atoms with E-state index in [2.05, 4.69) is 12.2 Å². The quantitative estimate of drug-likeness (QED) is 0.670.